The normalized spacial score (nSPS) is 5.50. The molecular formula is Cl2Pd2+2. The van der Waals surface area contributed by atoms with Crippen LogP contribution in [0.3, 0.4) is 0 Å². The molecule has 4 heavy (non-hydrogen) atoms. The molecule has 0 unspecified atom stereocenters. The molecule has 0 radical (unpaired) electrons. The van der Waals surface area contributed by atoms with Gasteiger partial charge in [0.2, 0.25) is 0 Å². The van der Waals surface area contributed by atoms with Crippen LogP contribution in [-0.2, 0) is 36.4 Å². The van der Waals surface area contributed by atoms with Crippen molar-refractivity contribution in [2.24, 2.45) is 0 Å². The van der Waals surface area contributed by atoms with Crippen molar-refractivity contribution in [3.05, 3.63) is 0 Å². The topological polar surface area (TPSA) is 0 Å². The van der Waals surface area contributed by atoms with Crippen molar-refractivity contribution in [3.63, 3.8) is 0 Å². The van der Waals surface area contributed by atoms with E-state index >= 15 is 0 Å². The molecule has 0 saturated carbocycles. The Hall–Kier alpha value is 1.90. The molecule has 0 N–H and O–H groups in total. The fourth-order valence-corrected chi connectivity index (χ4v) is 0. The second-order valence-electron chi connectivity index (χ2n) is 0.0452. The van der Waals surface area contributed by atoms with Gasteiger partial charge in [-0.3, -0.25) is 0 Å². The van der Waals surface area contributed by atoms with Crippen molar-refractivity contribution in [3.8, 4) is 0 Å². The summed E-state index contributed by atoms with van der Waals surface area (Å²) in [6, 6.07) is 0. The summed E-state index contributed by atoms with van der Waals surface area (Å²) in [6.45, 7) is 0. The van der Waals surface area contributed by atoms with Gasteiger partial charge in [-0.15, -0.1) is 0 Å². The fourth-order valence-electron chi connectivity index (χ4n) is 0. The summed E-state index contributed by atoms with van der Waals surface area (Å²) in [5, 5.41) is 0. The second-order valence-corrected chi connectivity index (χ2v) is 2.41. The van der Waals surface area contributed by atoms with Gasteiger partial charge in [-0.05, 0) is 0 Å². The molecule has 0 heterocycles. The van der Waals surface area contributed by atoms with E-state index in [1.54, 1.807) is 0 Å². The van der Waals surface area contributed by atoms with Gasteiger partial charge in [-0.25, -0.2) is 0 Å². The van der Waals surface area contributed by atoms with Crippen LogP contribution in [0.15, 0.2) is 0 Å². The van der Waals surface area contributed by atoms with E-state index in [4.69, 9.17) is 19.1 Å². The molecule has 4 heteroatoms. The zero-order valence-corrected chi connectivity index (χ0v) is 6.01. The average molecular weight is 284 g/mol. The first-order chi connectivity index (χ1) is 1.41. The minimum Gasteiger partial charge on any atom is 2.00 e. The van der Waals surface area contributed by atoms with Gasteiger partial charge in [0, 0.05) is 0 Å². The summed E-state index contributed by atoms with van der Waals surface area (Å²) in [5.74, 6) is 0. The molecule has 0 aliphatic carbocycles. The smallest absolute Gasteiger partial charge is 2.00 e. The number of hydrogen-bond acceptors (Lipinski definition) is 0. The van der Waals surface area contributed by atoms with E-state index in [1.165, 1.54) is 0 Å². The predicted molar refractivity (Wildman–Crippen MR) is 11.7 cm³/mol. The largest absolute Gasteiger partial charge is 2.00 e. The maximum atomic E-state index is 4.81. The van der Waals surface area contributed by atoms with Gasteiger partial charge in [0.15, 0.2) is 0 Å². The van der Waals surface area contributed by atoms with Crippen LogP contribution in [0, 0.1) is 0 Å². The van der Waals surface area contributed by atoms with Crippen molar-refractivity contribution < 1.29 is 36.4 Å². The Kier molecular flexibility index (Phi) is 20.6. The van der Waals surface area contributed by atoms with E-state index in [-0.39, 0.29) is 36.4 Å². The first-order valence-corrected chi connectivity index (χ1v) is 4.24. The van der Waals surface area contributed by atoms with Crippen LogP contribution in [-0.4, -0.2) is 0 Å². The maximum absolute atomic E-state index is 4.81. The molecular weight excluding hydrogens is 284 g/mol. The molecule has 0 saturated heterocycles. The molecule has 0 aliphatic rings. The van der Waals surface area contributed by atoms with Gasteiger partial charge in [-0.2, -0.15) is 0 Å². The molecule has 0 spiro atoms. The molecule has 0 fully saturated rings. The third-order valence-electron chi connectivity index (χ3n) is 0. The Morgan fingerprint density at radius 2 is 1.25 bits per heavy atom. The van der Waals surface area contributed by atoms with Gasteiger partial charge in [0.25, 0.3) is 0 Å². The first kappa shape index (κ1) is 9.32. The van der Waals surface area contributed by atoms with E-state index in [1.807, 2.05) is 0 Å². The Morgan fingerprint density at radius 1 is 1.25 bits per heavy atom. The zero-order valence-electron chi connectivity index (χ0n) is 1.39. The standard InChI is InChI=1S/2ClH.2Pd/h2*1H;;/q;;2*+2/p-2. The van der Waals surface area contributed by atoms with Gasteiger partial charge in [-0.1, -0.05) is 0 Å². The van der Waals surface area contributed by atoms with E-state index in [0.717, 1.165) is 0 Å². The maximum Gasteiger partial charge on any atom is 2.00 e. The van der Waals surface area contributed by atoms with Crippen molar-refractivity contribution >= 4 is 19.1 Å². The van der Waals surface area contributed by atoms with Crippen molar-refractivity contribution in [2.45, 2.75) is 0 Å². The minimum absolute atomic E-state index is 0. The van der Waals surface area contributed by atoms with Gasteiger partial charge >= 0.3 is 55.4 Å². The average Bonchev–Trinajstić information content (AvgIpc) is 0.918. The van der Waals surface area contributed by atoms with Crippen LogP contribution in [0.1, 0.15) is 0 Å². The van der Waals surface area contributed by atoms with Crippen molar-refractivity contribution in [2.75, 3.05) is 0 Å². The minimum atomic E-state index is -0.106. The number of rotatable bonds is 0. The SMILES string of the molecule is [Cl][Pd][Cl].[Pd+2]. The Balaban J connectivity index is 0. The van der Waals surface area contributed by atoms with E-state index in [9.17, 15) is 0 Å². The molecule has 0 aromatic carbocycles. The predicted octanol–water partition coefficient (Wildman–Crippen LogP) is 1.37. The van der Waals surface area contributed by atoms with Gasteiger partial charge < -0.3 is 0 Å². The van der Waals surface area contributed by atoms with E-state index in [0.29, 0.717) is 0 Å². The summed E-state index contributed by atoms with van der Waals surface area (Å²) < 4.78 is 0. The summed E-state index contributed by atoms with van der Waals surface area (Å²) >= 11 is -0.106. The molecule has 0 amide bonds. The second kappa shape index (κ2) is 8.86. The van der Waals surface area contributed by atoms with E-state index < -0.39 is 0 Å². The first-order valence-electron chi connectivity index (χ1n) is 0.239. The van der Waals surface area contributed by atoms with Gasteiger partial charge in [0.1, 0.15) is 0 Å². The Morgan fingerprint density at radius 3 is 1.25 bits per heavy atom. The van der Waals surface area contributed by atoms with Crippen molar-refractivity contribution in [1.29, 1.82) is 0 Å². The monoisotopic (exact) mass is 282 g/mol. The number of halogens is 2. The summed E-state index contributed by atoms with van der Waals surface area (Å²) in [4.78, 5) is 0. The van der Waals surface area contributed by atoms with Crippen LogP contribution in [0.5, 0.6) is 0 Å². The molecule has 0 atom stereocenters. The summed E-state index contributed by atoms with van der Waals surface area (Å²) in [5.41, 5.74) is 0. The molecule has 0 aromatic heterocycles. The molecule has 0 nitrogen and oxygen atoms in total. The molecule has 32 valence electrons. The van der Waals surface area contributed by atoms with Gasteiger partial charge in [0.05, 0.1) is 0 Å². The fraction of sp³-hybridized carbons (Fsp3) is 0. The summed E-state index contributed by atoms with van der Waals surface area (Å²) in [6.07, 6.45) is 0. The van der Waals surface area contributed by atoms with E-state index in [2.05, 4.69) is 0 Å². The molecule has 0 aliphatic heterocycles. The van der Waals surface area contributed by atoms with Crippen LogP contribution in [0.2, 0.25) is 0 Å². The molecule has 0 aromatic rings. The summed E-state index contributed by atoms with van der Waals surface area (Å²) in [7, 11) is 9.63. The van der Waals surface area contributed by atoms with Crippen LogP contribution < -0.4 is 0 Å². The van der Waals surface area contributed by atoms with Crippen LogP contribution >= 0.6 is 19.1 Å². The third kappa shape index (κ3) is 9.08. The van der Waals surface area contributed by atoms with Crippen LogP contribution in [0.4, 0.5) is 0 Å². The number of hydrogen-bond donors (Lipinski definition) is 0. The quantitative estimate of drug-likeness (QED) is 0.589. The Bertz CT molecular complexity index is 4.00. The third-order valence-corrected chi connectivity index (χ3v) is 0. The molecule has 0 bridgehead atoms. The zero-order chi connectivity index (χ0) is 2.71. The van der Waals surface area contributed by atoms with Crippen molar-refractivity contribution in [1.82, 2.24) is 0 Å². The van der Waals surface area contributed by atoms with Crippen LogP contribution in [0.25, 0.3) is 0 Å². The molecule has 0 rings (SSSR count). The Labute approximate surface area is 55.0 Å².